The fourth-order valence-electron chi connectivity index (χ4n) is 3.40. The van der Waals surface area contributed by atoms with Crippen LogP contribution in [0.5, 0.6) is 0 Å². The van der Waals surface area contributed by atoms with Crippen molar-refractivity contribution >= 4 is 5.96 Å². The first kappa shape index (κ1) is 19.5. The Morgan fingerprint density at radius 1 is 1.21 bits per heavy atom. The lowest BCUT2D eigenvalue weighted by Gasteiger charge is -2.44. The second-order valence-corrected chi connectivity index (χ2v) is 7.69. The molecular weight excluding hydrogens is 304 g/mol. The zero-order valence-electron chi connectivity index (χ0n) is 16.1. The Kier molecular flexibility index (Phi) is 7.32. The van der Waals surface area contributed by atoms with Crippen LogP contribution in [0.2, 0.25) is 0 Å². The Bertz CT molecular complexity index is 398. The molecule has 6 heteroatoms. The predicted octanol–water partition coefficient (Wildman–Crippen LogP) is 1.61. The molecule has 2 aliphatic heterocycles. The van der Waals surface area contributed by atoms with Crippen LogP contribution in [0.1, 0.15) is 47.5 Å². The summed E-state index contributed by atoms with van der Waals surface area (Å²) >= 11 is 0. The molecule has 0 spiro atoms. The Morgan fingerprint density at radius 2 is 1.92 bits per heavy atom. The van der Waals surface area contributed by atoms with Crippen molar-refractivity contribution in [1.29, 1.82) is 0 Å². The number of nitrogens with one attached hydrogen (secondary N) is 2. The number of rotatable bonds is 6. The minimum atomic E-state index is 0.0124. The minimum Gasteiger partial charge on any atom is -0.376 e. The standard InChI is InChI=1S/C18H36N4O2/c1-6-19-17(20-10-16-8-7-9-23-16)21-13-18(4,5)22-11-14(2)24-15(3)12-22/h14-16H,6-13H2,1-5H3,(H2,19,20,21). The van der Waals surface area contributed by atoms with Gasteiger partial charge in [0.15, 0.2) is 5.96 Å². The van der Waals surface area contributed by atoms with Crippen LogP contribution in [0, 0.1) is 0 Å². The molecule has 0 aliphatic carbocycles. The molecule has 2 N–H and O–H groups in total. The van der Waals surface area contributed by atoms with Crippen molar-refractivity contribution in [3.8, 4) is 0 Å². The monoisotopic (exact) mass is 340 g/mol. The van der Waals surface area contributed by atoms with Crippen molar-refractivity contribution in [2.75, 3.05) is 39.3 Å². The zero-order valence-corrected chi connectivity index (χ0v) is 16.1. The third-order valence-electron chi connectivity index (χ3n) is 4.77. The summed E-state index contributed by atoms with van der Waals surface area (Å²) in [5, 5.41) is 6.77. The van der Waals surface area contributed by atoms with E-state index in [9.17, 15) is 0 Å². The van der Waals surface area contributed by atoms with E-state index < -0.39 is 0 Å². The average Bonchev–Trinajstić information content (AvgIpc) is 3.02. The summed E-state index contributed by atoms with van der Waals surface area (Å²) in [6, 6.07) is 0. The van der Waals surface area contributed by atoms with Crippen LogP contribution in [0.25, 0.3) is 0 Å². The maximum atomic E-state index is 5.86. The van der Waals surface area contributed by atoms with Crippen molar-refractivity contribution < 1.29 is 9.47 Å². The minimum absolute atomic E-state index is 0.0124. The average molecular weight is 341 g/mol. The van der Waals surface area contributed by atoms with Crippen LogP contribution < -0.4 is 10.6 Å². The summed E-state index contributed by atoms with van der Waals surface area (Å²) in [5.74, 6) is 0.885. The van der Waals surface area contributed by atoms with Gasteiger partial charge in [-0.05, 0) is 47.5 Å². The highest BCUT2D eigenvalue weighted by Crippen LogP contribution is 2.21. The lowest BCUT2D eigenvalue weighted by atomic mass is 10.0. The van der Waals surface area contributed by atoms with Crippen molar-refractivity contribution in [1.82, 2.24) is 15.5 Å². The molecule has 0 saturated carbocycles. The fraction of sp³-hybridized carbons (Fsp3) is 0.944. The van der Waals surface area contributed by atoms with E-state index >= 15 is 0 Å². The van der Waals surface area contributed by atoms with Crippen LogP contribution in [0.4, 0.5) is 0 Å². The highest BCUT2D eigenvalue weighted by molar-refractivity contribution is 5.79. The Morgan fingerprint density at radius 3 is 2.50 bits per heavy atom. The summed E-state index contributed by atoms with van der Waals surface area (Å²) < 4.78 is 11.5. The third kappa shape index (κ3) is 5.90. The number of hydrogen-bond donors (Lipinski definition) is 2. The molecule has 0 aromatic rings. The van der Waals surface area contributed by atoms with Crippen LogP contribution in [-0.2, 0) is 9.47 Å². The van der Waals surface area contributed by atoms with Crippen LogP contribution in [0.3, 0.4) is 0 Å². The molecule has 0 amide bonds. The lowest BCUT2D eigenvalue weighted by Crippen LogP contribution is -2.56. The highest BCUT2D eigenvalue weighted by Gasteiger charge is 2.33. The number of guanidine groups is 1. The van der Waals surface area contributed by atoms with Gasteiger partial charge in [-0.25, -0.2) is 0 Å². The largest absolute Gasteiger partial charge is 0.376 e. The molecule has 2 heterocycles. The highest BCUT2D eigenvalue weighted by atomic mass is 16.5. The van der Waals surface area contributed by atoms with Gasteiger partial charge >= 0.3 is 0 Å². The number of aliphatic imine (C=N–C) groups is 1. The van der Waals surface area contributed by atoms with E-state index in [0.717, 1.165) is 51.7 Å². The number of morpholine rings is 1. The molecule has 0 bridgehead atoms. The summed E-state index contributed by atoms with van der Waals surface area (Å²) in [6.07, 6.45) is 3.19. The molecule has 3 unspecified atom stereocenters. The summed E-state index contributed by atoms with van der Waals surface area (Å²) in [6.45, 7) is 16.2. The molecule has 0 radical (unpaired) electrons. The van der Waals surface area contributed by atoms with Gasteiger partial charge in [0, 0.05) is 38.3 Å². The molecule has 0 aromatic carbocycles. The predicted molar refractivity (Wildman–Crippen MR) is 98.6 cm³/mol. The van der Waals surface area contributed by atoms with Crippen molar-refractivity contribution in [3.05, 3.63) is 0 Å². The normalized spacial score (nSPS) is 29.7. The van der Waals surface area contributed by atoms with E-state index in [1.807, 2.05) is 0 Å². The van der Waals surface area contributed by atoms with Gasteiger partial charge in [-0.1, -0.05) is 0 Å². The molecule has 0 aromatic heterocycles. The lowest BCUT2D eigenvalue weighted by molar-refractivity contribution is -0.0939. The SMILES string of the molecule is CCNC(=NCC(C)(C)N1CC(C)OC(C)C1)NCC1CCCO1. The molecule has 140 valence electrons. The summed E-state index contributed by atoms with van der Waals surface area (Å²) in [7, 11) is 0. The van der Waals surface area contributed by atoms with Gasteiger partial charge in [-0.3, -0.25) is 9.89 Å². The van der Waals surface area contributed by atoms with Crippen molar-refractivity contribution in [2.45, 2.75) is 71.3 Å². The fourth-order valence-corrected chi connectivity index (χ4v) is 3.40. The summed E-state index contributed by atoms with van der Waals surface area (Å²) in [4.78, 5) is 7.33. The van der Waals surface area contributed by atoms with Gasteiger partial charge in [-0.15, -0.1) is 0 Å². The molecule has 2 fully saturated rings. The molecular formula is C18H36N4O2. The molecule has 24 heavy (non-hydrogen) atoms. The molecule has 3 atom stereocenters. The quantitative estimate of drug-likeness (QED) is 0.568. The van der Waals surface area contributed by atoms with Gasteiger partial charge in [0.05, 0.1) is 24.9 Å². The maximum Gasteiger partial charge on any atom is 0.191 e. The number of ether oxygens (including phenoxy) is 2. The smallest absolute Gasteiger partial charge is 0.191 e. The van der Waals surface area contributed by atoms with E-state index in [4.69, 9.17) is 14.5 Å². The summed E-state index contributed by atoms with van der Waals surface area (Å²) in [5.41, 5.74) is 0.0124. The van der Waals surface area contributed by atoms with Crippen LogP contribution >= 0.6 is 0 Å². The topological polar surface area (TPSA) is 58.1 Å². The maximum absolute atomic E-state index is 5.86. The second-order valence-electron chi connectivity index (χ2n) is 7.69. The van der Waals surface area contributed by atoms with Gasteiger partial charge in [0.1, 0.15) is 0 Å². The van der Waals surface area contributed by atoms with Crippen LogP contribution in [0.15, 0.2) is 4.99 Å². The van der Waals surface area contributed by atoms with E-state index in [0.29, 0.717) is 6.10 Å². The van der Waals surface area contributed by atoms with E-state index in [1.54, 1.807) is 0 Å². The van der Waals surface area contributed by atoms with Gasteiger partial charge in [-0.2, -0.15) is 0 Å². The van der Waals surface area contributed by atoms with Gasteiger partial charge in [0.2, 0.25) is 0 Å². The first-order valence-corrected chi connectivity index (χ1v) is 9.45. The van der Waals surface area contributed by atoms with Crippen LogP contribution in [-0.4, -0.2) is 74.0 Å². The van der Waals surface area contributed by atoms with Gasteiger partial charge in [0.25, 0.3) is 0 Å². The third-order valence-corrected chi connectivity index (χ3v) is 4.77. The van der Waals surface area contributed by atoms with Gasteiger partial charge < -0.3 is 20.1 Å². The first-order chi connectivity index (χ1) is 11.4. The van der Waals surface area contributed by atoms with Crippen molar-refractivity contribution in [2.24, 2.45) is 4.99 Å². The molecule has 2 aliphatic rings. The number of nitrogens with zero attached hydrogens (tertiary/aromatic N) is 2. The van der Waals surface area contributed by atoms with E-state index in [2.05, 4.69) is 50.2 Å². The Labute approximate surface area is 147 Å². The Hall–Kier alpha value is -0.850. The van der Waals surface area contributed by atoms with Crippen molar-refractivity contribution in [3.63, 3.8) is 0 Å². The van der Waals surface area contributed by atoms with E-state index in [1.165, 1.54) is 6.42 Å². The first-order valence-electron chi connectivity index (χ1n) is 9.45. The Balaban J connectivity index is 1.89. The second kappa shape index (κ2) is 9.02. The van der Waals surface area contributed by atoms with E-state index in [-0.39, 0.29) is 17.7 Å². The molecule has 2 saturated heterocycles. The molecule has 2 rings (SSSR count). The zero-order chi connectivity index (χ0) is 17.6. The molecule has 6 nitrogen and oxygen atoms in total. The number of hydrogen-bond acceptors (Lipinski definition) is 4.